The highest BCUT2D eigenvalue weighted by molar-refractivity contribution is 5.38. The highest BCUT2D eigenvalue weighted by Crippen LogP contribution is 2.82. The van der Waals surface area contributed by atoms with Gasteiger partial charge in [-0.15, -0.1) is 0 Å². The van der Waals surface area contributed by atoms with Crippen molar-refractivity contribution >= 4 is 0 Å². The predicted molar refractivity (Wildman–Crippen MR) is 89.5 cm³/mol. The van der Waals surface area contributed by atoms with Crippen LogP contribution in [-0.2, 0) is 5.41 Å². The molecule has 22 heavy (non-hydrogen) atoms. The van der Waals surface area contributed by atoms with Gasteiger partial charge in [-0.3, -0.25) is 0 Å². The molecule has 4 atom stereocenters. The van der Waals surface area contributed by atoms with Crippen molar-refractivity contribution in [3.8, 4) is 0 Å². The summed E-state index contributed by atoms with van der Waals surface area (Å²) >= 11 is 0. The highest BCUT2D eigenvalue weighted by atomic mass is 14.8. The molecular weight excluding hydrogens is 264 g/mol. The summed E-state index contributed by atoms with van der Waals surface area (Å²) in [6.45, 7) is 5.34. The first-order valence-electron chi connectivity index (χ1n) is 9.61. The lowest BCUT2D eigenvalue weighted by atomic mass is 9.24. The average Bonchev–Trinajstić information content (AvgIpc) is 2.52. The maximum Gasteiger partial charge on any atom is 0.00205 e. The van der Waals surface area contributed by atoms with Crippen molar-refractivity contribution in [1.29, 1.82) is 0 Å². The molecule has 1 aromatic carbocycles. The molecule has 8 rings (SSSR count). The highest BCUT2D eigenvalue weighted by Gasteiger charge is 2.75. The van der Waals surface area contributed by atoms with Gasteiger partial charge in [0.25, 0.3) is 0 Å². The van der Waals surface area contributed by atoms with Gasteiger partial charge in [-0.2, -0.15) is 0 Å². The van der Waals surface area contributed by atoms with E-state index in [1.807, 2.05) is 0 Å². The molecule has 0 radical (unpaired) electrons. The third kappa shape index (κ3) is 1.16. The summed E-state index contributed by atoms with van der Waals surface area (Å²) in [5, 5.41) is 0. The molecule has 0 heterocycles. The largest absolute Gasteiger partial charge is 0.0622 e. The van der Waals surface area contributed by atoms with Crippen molar-refractivity contribution in [2.24, 2.45) is 40.4 Å². The molecular formula is C22H28. The van der Waals surface area contributed by atoms with Crippen LogP contribution in [0.2, 0.25) is 0 Å². The van der Waals surface area contributed by atoms with Crippen LogP contribution >= 0.6 is 0 Å². The molecule has 0 saturated heterocycles. The first-order valence-corrected chi connectivity index (χ1v) is 9.61. The van der Waals surface area contributed by atoms with E-state index in [0.29, 0.717) is 16.2 Å². The van der Waals surface area contributed by atoms with Gasteiger partial charge < -0.3 is 0 Å². The van der Waals surface area contributed by atoms with Gasteiger partial charge in [-0.25, -0.2) is 0 Å². The van der Waals surface area contributed by atoms with E-state index in [1.54, 1.807) is 37.7 Å². The quantitative estimate of drug-likeness (QED) is 0.647. The molecule has 116 valence electrons. The van der Waals surface area contributed by atoms with Crippen LogP contribution in [0.25, 0.3) is 0 Å². The van der Waals surface area contributed by atoms with Crippen LogP contribution in [0.1, 0.15) is 57.9 Å². The monoisotopic (exact) mass is 292 g/mol. The standard InChI is InChI=1S/C22H28/c1-20-11-18-16-8-14-9-17(19(12-20)21(18,2)10-14)22(16,13-20)15-6-4-3-5-7-15/h3-7,14,16-19H,8-13H2,1-2H3. The van der Waals surface area contributed by atoms with Crippen LogP contribution < -0.4 is 0 Å². The van der Waals surface area contributed by atoms with E-state index >= 15 is 0 Å². The zero-order chi connectivity index (χ0) is 14.7. The lowest BCUT2D eigenvalue weighted by molar-refractivity contribution is -0.283. The van der Waals surface area contributed by atoms with Gasteiger partial charge in [-0.05, 0) is 84.5 Å². The second-order valence-corrected chi connectivity index (χ2v) is 10.3. The van der Waals surface area contributed by atoms with Gasteiger partial charge >= 0.3 is 0 Å². The Balaban J connectivity index is 1.62. The number of hydrogen-bond acceptors (Lipinski definition) is 0. The van der Waals surface area contributed by atoms with E-state index in [1.165, 1.54) is 6.42 Å². The van der Waals surface area contributed by atoms with Crippen molar-refractivity contribution in [2.75, 3.05) is 0 Å². The Labute approximate surface area is 134 Å². The zero-order valence-corrected chi connectivity index (χ0v) is 14.0. The predicted octanol–water partition coefficient (Wildman–Crippen LogP) is 5.43. The van der Waals surface area contributed by atoms with Crippen LogP contribution in [0.5, 0.6) is 0 Å². The lowest BCUT2D eigenvalue weighted by Crippen LogP contribution is -2.74. The van der Waals surface area contributed by atoms with Crippen LogP contribution in [0.4, 0.5) is 0 Å². The molecule has 1 aromatic rings. The van der Waals surface area contributed by atoms with E-state index in [2.05, 4.69) is 44.2 Å². The Kier molecular flexibility index (Phi) is 2.01. The van der Waals surface area contributed by atoms with E-state index in [4.69, 9.17) is 0 Å². The van der Waals surface area contributed by atoms with Crippen LogP contribution in [-0.4, -0.2) is 0 Å². The molecule has 0 nitrogen and oxygen atoms in total. The molecule has 0 N–H and O–H groups in total. The fourth-order valence-corrected chi connectivity index (χ4v) is 9.13. The topological polar surface area (TPSA) is 0 Å². The molecule has 0 aromatic heterocycles. The minimum atomic E-state index is 0.554. The first kappa shape index (κ1) is 12.6. The van der Waals surface area contributed by atoms with E-state index < -0.39 is 0 Å². The molecule has 7 aliphatic carbocycles. The molecule has 0 amide bonds. The van der Waals surface area contributed by atoms with Crippen molar-refractivity contribution < 1.29 is 0 Å². The molecule has 4 unspecified atom stereocenters. The molecule has 0 aliphatic heterocycles. The Hall–Kier alpha value is -0.780. The smallest absolute Gasteiger partial charge is 0.00205 e. The maximum absolute atomic E-state index is 2.70. The van der Waals surface area contributed by atoms with Gasteiger partial charge in [0, 0.05) is 5.41 Å². The van der Waals surface area contributed by atoms with Crippen molar-refractivity contribution in [2.45, 2.75) is 57.8 Å². The zero-order valence-electron chi connectivity index (χ0n) is 14.0. The number of rotatable bonds is 1. The van der Waals surface area contributed by atoms with Gasteiger partial charge in [0.15, 0.2) is 0 Å². The Bertz CT molecular complexity index is 617. The minimum absolute atomic E-state index is 0.554. The van der Waals surface area contributed by atoms with Gasteiger partial charge in [0.05, 0.1) is 0 Å². The number of hydrogen-bond donors (Lipinski definition) is 0. The summed E-state index contributed by atoms with van der Waals surface area (Å²) in [6, 6.07) is 11.8. The van der Waals surface area contributed by atoms with Crippen molar-refractivity contribution in [3.05, 3.63) is 35.9 Å². The molecule has 7 aliphatic rings. The third-order valence-electron chi connectivity index (χ3n) is 9.35. The Morgan fingerprint density at radius 2 is 1.45 bits per heavy atom. The third-order valence-corrected chi connectivity index (χ3v) is 9.35. The summed E-state index contributed by atoms with van der Waals surface area (Å²) in [5.41, 5.74) is 3.61. The van der Waals surface area contributed by atoms with Crippen molar-refractivity contribution in [3.63, 3.8) is 0 Å². The Morgan fingerprint density at radius 1 is 0.818 bits per heavy atom. The molecule has 0 spiro atoms. The summed E-state index contributed by atoms with van der Waals surface area (Å²) in [5.74, 6) is 5.12. The van der Waals surface area contributed by atoms with Crippen LogP contribution in [0.3, 0.4) is 0 Å². The van der Waals surface area contributed by atoms with Gasteiger partial charge in [-0.1, -0.05) is 44.2 Å². The second kappa shape index (κ2) is 3.50. The lowest BCUT2D eigenvalue weighted by Gasteiger charge is -2.80. The fourth-order valence-electron chi connectivity index (χ4n) is 9.13. The molecule has 8 bridgehead atoms. The summed E-state index contributed by atoms with van der Waals surface area (Å²) < 4.78 is 0. The van der Waals surface area contributed by atoms with Gasteiger partial charge in [0.2, 0.25) is 0 Å². The maximum atomic E-state index is 2.70. The molecule has 0 heteroatoms. The SMILES string of the molecule is CC12CC3C4CC5CC(C(C1)C3(C)C5)C4(c1ccccc1)C2. The summed E-state index contributed by atoms with van der Waals surface area (Å²) in [4.78, 5) is 0. The second-order valence-electron chi connectivity index (χ2n) is 10.3. The van der Waals surface area contributed by atoms with E-state index in [0.717, 1.165) is 29.6 Å². The van der Waals surface area contributed by atoms with Crippen LogP contribution in [0.15, 0.2) is 30.3 Å². The molecule has 7 fully saturated rings. The first-order chi connectivity index (χ1) is 10.6. The van der Waals surface area contributed by atoms with E-state index in [9.17, 15) is 0 Å². The minimum Gasteiger partial charge on any atom is -0.0622 e. The van der Waals surface area contributed by atoms with Crippen molar-refractivity contribution in [1.82, 2.24) is 0 Å². The van der Waals surface area contributed by atoms with Gasteiger partial charge in [0.1, 0.15) is 0 Å². The van der Waals surface area contributed by atoms with Crippen LogP contribution in [0, 0.1) is 40.4 Å². The average molecular weight is 292 g/mol. The fraction of sp³-hybridized carbons (Fsp3) is 0.727. The normalized spacial score (nSPS) is 60.2. The van der Waals surface area contributed by atoms with E-state index in [-0.39, 0.29) is 0 Å². The summed E-state index contributed by atoms with van der Waals surface area (Å²) in [6.07, 6.45) is 9.24. The summed E-state index contributed by atoms with van der Waals surface area (Å²) in [7, 11) is 0. The molecule has 7 saturated carbocycles. The Morgan fingerprint density at radius 3 is 2.09 bits per heavy atom. The number of benzene rings is 1.